The minimum absolute atomic E-state index is 0.0401. The van der Waals surface area contributed by atoms with Crippen LogP contribution in [-0.2, 0) is 17.8 Å². The minimum Gasteiger partial charge on any atom is -0.337 e. The number of hydrogen-bond donors (Lipinski definition) is 0. The Morgan fingerprint density at radius 2 is 2.00 bits per heavy atom. The summed E-state index contributed by atoms with van der Waals surface area (Å²) >= 11 is 1.25. The minimum atomic E-state index is -0.364. The SMILES string of the molecule is O=C(CSc1nnnn1-c1cccc(F)c1)N1CCc2ccccc2C1. The van der Waals surface area contributed by atoms with Crippen molar-refractivity contribution in [2.75, 3.05) is 12.3 Å². The van der Waals surface area contributed by atoms with Crippen molar-refractivity contribution in [3.8, 4) is 5.69 Å². The number of aromatic nitrogens is 4. The van der Waals surface area contributed by atoms with Crippen molar-refractivity contribution < 1.29 is 9.18 Å². The van der Waals surface area contributed by atoms with Gasteiger partial charge in [-0.15, -0.1) is 5.10 Å². The second-order valence-electron chi connectivity index (χ2n) is 5.98. The van der Waals surface area contributed by atoms with Gasteiger partial charge in [0.15, 0.2) is 0 Å². The Balaban J connectivity index is 1.42. The fourth-order valence-electron chi connectivity index (χ4n) is 2.97. The fourth-order valence-corrected chi connectivity index (χ4v) is 3.76. The van der Waals surface area contributed by atoms with Gasteiger partial charge in [-0.2, -0.15) is 4.68 Å². The van der Waals surface area contributed by atoms with Crippen LogP contribution >= 0.6 is 11.8 Å². The molecule has 2 heterocycles. The monoisotopic (exact) mass is 369 g/mol. The third-order valence-corrected chi connectivity index (χ3v) is 5.21. The number of halogens is 1. The van der Waals surface area contributed by atoms with Crippen LogP contribution in [0.3, 0.4) is 0 Å². The smallest absolute Gasteiger partial charge is 0.233 e. The Labute approximate surface area is 154 Å². The van der Waals surface area contributed by atoms with E-state index < -0.39 is 0 Å². The molecule has 0 atom stereocenters. The van der Waals surface area contributed by atoms with E-state index in [0.717, 1.165) is 6.42 Å². The first-order valence-electron chi connectivity index (χ1n) is 8.22. The molecule has 1 amide bonds. The average Bonchev–Trinajstić information content (AvgIpc) is 3.14. The highest BCUT2D eigenvalue weighted by Gasteiger charge is 2.21. The number of hydrogen-bond acceptors (Lipinski definition) is 5. The molecule has 0 spiro atoms. The summed E-state index contributed by atoms with van der Waals surface area (Å²) in [7, 11) is 0. The molecule has 8 heteroatoms. The van der Waals surface area contributed by atoms with Gasteiger partial charge in [0.2, 0.25) is 11.1 Å². The molecule has 1 aliphatic heterocycles. The molecule has 1 aromatic heterocycles. The van der Waals surface area contributed by atoms with E-state index >= 15 is 0 Å². The van der Waals surface area contributed by atoms with Gasteiger partial charge in [-0.3, -0.25) is 4.79 Å². The molecule has 0 aliphatic carbocycles. The zero-order chi connectivity index (χ0) is 17.9. The van der Waals surface area contributed by atoms with Gasteiger partial charge in [0.05, 0.1) is 11.4 Å². The fraction of sp³-hybridized carbons (Fsp3) is 0.222. The summed E-state index contributed by atoms with van der Waals surface area (Å²) in [6, 6.07) is 14.2. The van der Waals surface area contributed by atoms with Crippen molar-refractivity contribution in [2.45, 2.75) is 18.1 Å². The number of carbonyl (C=O) groups is 1. The highest BCUT2D eigenvalue weighted by molar-refractivity contribution is 7.99. The predicted octanol–water partition coefficient (Wildman–Crippen LogP) is 2.48. The predicted molar refractivity (Wildman–Crippen MR) is 95.4 cm³/mol. The summed E-state index contributed by atoms with van der Waals surface area (Å²) in [4.78, 5) is 14.4. The van der Waals surface area contributed by atoms with Gasteiger partial charge in [-0.25, -0.2) is 4.39 Å². The Morgan fingerprint density at radius 3 is 2.85 bits per heavy atom. The Hall–Kier alpha value is -2.74. The van der Waals surface area contributed by atoms with E-state index in [0.29, 0.717) is 23.9 Å². The average molecular weight is 369 g/mol. The van der Waals surface area contributed by atoms with Gasteiger partial charge in [-0.05, 0) is 46.2 Å². The molecule has 2 aromatic carbocycles. The second-order valence-corrected chi connectivity index (χ2v) is 6.92. The van der Waals surface area contributed by atoms with Crippen molar-refractivity contribution in [3.05, 3.63) is 65.5 Å². The van der Waals surface area contributed by atoms with Crippen LogP contribution in [0.2, 0.25) is 0 Å². The standard InChI is InChI=1S/C18H16FN5OS/c19-15-6-3-7-16(10-15)24-18(20-21-22-24)26-12-17(25)23-9-8-13-4-1-2-5-14(13)11-23/h1-7,10H,8-9,11-12H2. The lowest BCUT2D eigenvalue weighted by molar-refractivity contribution is -0.129. The van der Waals surface area contributed by atoms with E-state index in [1.807, 2.05) is 17.0 Å². The maximum absolute atomic E-state index is 13.4. The van der Waals surface area contributed by atoms with Gasteiger partial charge in [-0.1, -0.05) is 42.1 Å². The third-order valence-electron chi connectivity index (χ3n) is 4.30. The van der Waals surface area contributed by atoms with Crippen molar-refractivity contribution >= 4 is 17.7 Å². The van der Waals surface area contributed by atoms with E-state index in [4.69, 9.17) is 0 Å². The van der Waals surface area contributed by atoms with Crippen molar-refractivity contribution in [2.24, 2.45) is 0 Å². The topological polar surface area (TPSA) is 63.9 Å². The molecule has 132 valence electrons. The lowest BCUT2D eigenvalue weighted by atomic mass is 10.00. The van der Waals surface area contributed by atoms with Gasteiger partial charge >= 0.3 is 0 Å². The van der Waals surface area contributed by atoms with Gasteiger partial charge in [0, 0.05) is 13.1 Å². The molecule has 0 bridgehead atoms. The third kappa shape index (κ3) is 3.45. The first kappa shape index (κ1) is 16.7. The molecule has 6 nitrogen and oxygen atoms in total. The van der Waals surface area contributed by atoms with Crippen LogP contribution in [-0.4, -0.2) is 43.3 Å². The van der Waals surface area contributed by atoms with Crippen LogP contribution in [0.15, 0.2) is 53.7 Å². The number of fused-ring (bicyclic) bond motifs is 1. The lowest BCUT2D eigenvalue weighted by Crippen LogP contribution is -2.37. The van der Waals surface area contributed by atoms with E-state index in [2.05, 4.69) is 27.7 Å². The normalized spacial score (nSPS) is 13.5. The summed E-state index contributed by atoms with van der Waals surface area (Å²) in [5.74, 6) is -0.0898. The molecule has 4 rings (SSSR count). The van der Waals surface area contributed by atoms with E-state index in [1.54, 1.807) is 12.1 Å². The Bertz CT molecular complexity index is 945. The van der Waals surface area contributed by atoms with Crippen molar-refractivity contribution in [1.29, 1.82) is 0 Å². The highest BCUT2D eigenvalue weighted by atomic mass is 32.2. The molecule has 0 saturated carbocycles. The lowest BCUT2D eigenvalue weighted by Gasteiger charge is -2.28. The van der Waals surface area contributed by atoms with E-state index in [1.165, 1.54) is 39.7 Å². The highest BCUT2D eigenvalue weighted by Crippen LogP contribution is 2.22. The maximum atomic E-state index is 13.4. The first-order valence-corrected chi connectivity index (χ1v) is 9.21. The maximum Gasteiger partial charge on any atom is 0.233 e. The molecule has 3 aromatic rings. The van der Waals surface area contributed by atoms with Crippen LogP contribution in [0.5, 0.6) is 0 Å². The molecule has 26 heavy (non-hydrogen) atoms. The molecular weight excluding hydrogens is 353 g/mol. The second kappa shape index (κ2) is 7.25. The van der Waals surface area contributed by atoms with Crippen LogP contribution in [0.25, 0.3) is 5.69 Å². The summed E-state index contributed by atoms with van der Waals surface area (Å²) in [5.41, 5.74) is 3.03. The summed E-state index contributed by atoms with van der Waals surface area (Å²) < 4.78 is 14.9. The Morgan fingerprint density at radius 1 is 1.15 bits per heavy atom. The number of nitrogens with zero attached hydrogens (tertiary/aromatic N) is 5. The van der Waals surface area contributed by atoms with Crippen LogP contribution < -0.4 is 0 Å². The molecule has 0 unspecified atom stereocenters. The van der Waals surface area contributed by atoms with Crippen LogP contribution in [0.4, 0.5) is 4.39 Å². The largest absolute Gasteiger partial charge is 0.337 e. The van der Waals surface area contributed by atoms with Crippen LogP contribution in [0, 0.1) is 5.82 Å². The number of thioether (sulfide) groups is 1. The van der Waals surface area contributed by atoms with E-state index in [-0.39, 0.29) is 17.5 Å². The molecule has 1 aliphatic rings. The van der Waals surface area contributed by atoms with Gasteiger partial charge in [0.1, 0.15) is 5.82 Å². The summed E-state index contributed by atoms with van der Waals surface area (Å²) in [6.07, 6.45) is 0.869. The molecular formula is C18H16FN5OS. The number of amides is 1. The quantitative estimate of drug-likeness (QED) is 0.661. The summed E-state index contributed by atoms with van der Waals surface area (Å²) in [5, 5.41) is 11.9. The number of benzene rings is 2. The van der Waals surface area contributed by atoms with E-state index in [9.17, 15) is 9.18 Å². The zero-order valence-electron chi connectivity index (χ0n) is 13.9. The van der Waals surface area contributed by atoms with Crippen molar-refractivity contribution in [1.82, 2.24) is 25.1 Å². The molecule has 0 fully saturated rings. The summed E-state index contributed by atoms with van der Waals surface area (Å²) in [6.45, 7) is 1.34. The van der Waals surface area contributed by atoms with Gasteiger partial charge in [0.25, 0.3) is 0 Å². The van der Waals surface area contributed by atoms with Crippen LogP contribution in [0.1, 0.15) is 11.1 Å². The Kier molecular flexibility index (Phi) is 4.66. The number of tetrazole rings is 1. The zero-order valence-corrected chi connectivity index (χ0v) is 14.7. The molecule has 0 saturated heterocycles. The molecule has 0 N–H and O–H groups in total. The van der Waals surface area contributed by atoms with Crippen molar-refractivity contribution in [3.63, 3.8) is 0 Å². The number of rotatable bonds is 4. The van der Waals surface area contributed by atoms with Gasteiger partial charge < -0.3 is 4.90 Å². The first-order chi connectivity index (χ1) is 12.7. The number of carbonyl (C=O) groups excluding carboxylic acids is 1. The molecule has 0 radical (unpaired) electrons.